The van der Waals surface area contributed by atoms with E-state index >= 15 is 0 Å². The van der Waals surface area contributed by atoms with E-state index in [0.717, 1.165) is 21.3 Å². The van der Waals surface area contributed by atoms with E-state index in [2.05, 4.69) is 35.0 Å². The summed E-state index contributed by atoms with van der Waals surface area (Å²) >= 11 is 3.51. The number of aryl methyl sites for hydroxylation is 1. The number of rotatable bonds is 3. The van der Waals surface area contributed by atoms with E-state index in [-0.39, 0.29) is 0 Å². The lowest BCUT2D eigenvalue weighted by Crippen LogP contribution is -1.97. The van der Waals surface area contributed by atoms with E-state index in [4.69, 9.17) is 4.74 Å². The van der Waals surface area contributed by atoms with Gasteiger partial charge >= 0.3 is 0 Å². The highest BCUT2D eigenvalue weighted by Gasteiger charge is 2.01. The van der Waals surface area contributed by atoms with Crippen LogP contribution in [0.5, 0.6) is 5.75 Å². The maximum absolute atomic E-state index is 5.77. The van der Waals surface area contributed by atoms with Gasteiger partial charge in [0.1, 0.15) is 12.4 Å². The highest BCUT2D eigenvalue weighted by atomic mass is 79.9. The molecule has 2 aromatic carbocycles. The Bertz CT molecular complexity index is 434. The molecule has 0 saturated carbocycles. The van der Waals surface area contributed by atoms with Gasteiger partial charge in [0.15, 0.2) is 0 Å². The van der Waals surface area contributed by atoms with Crippen LogP contribution in [0.3, 0.4) is 0 Å². The minimum atomic E-state index is 0.590. The fourth-order valence-corrected chi connectivity index (χ4v) is 1.89. The summed E-state index contributed by atoms with van der Waals surface area (Å²) in [7, 11) is 0. The molecule has 0 saturated heterocycles. The van der Waals surface area contributed by atoms with Gasteiger partial charge in [-0.05, 0) is 24.6 Å². The second kappa shape index (κ2) is 5.17. The van der Waals surface area contributed by atoms with Crippen molar-refractivity contribution >= 4 is 15.9 Å². The maximum atomic E-state index is 5.77. The quantitative estimate of drug-likeness (QED) is 0.811. The van der Waals surface area contributed by atoms with Crippen molar-refractivity contribution < 1.29 is 4.74 Å². The predicted octanol–water partition coefficient (Wildman–Crippen LogP) is 4.34. The van der Waals surface area contributed by atoms with E-state index in [1.165, 1.54) is 0 Å². The second-order valence-electron chi connectivity index (χ2n) is 3.65. The molecule has 0 aliphatic carbocycles. The van der Waals surface area contributed by atoms with Crippen molar-refractivity contribution in [3.63, 3.8) is 0 Å². The van der Waals surface area contributed by atoms with E-state index < -0.39 is 0 Å². The summed E-state index contributed by atoms with van der Waals surface area (Å²) in [6.45, 7) is 2.64. The molecule has 2 rings (SSSR count). The molecule has 0 atom stereocenters. The molecule has 0 amide bonds. The van der Waals surface area contributed by atoms with Crippen molar-refractivity contribution in [2.45, 2.75) is 13.5 Å². The van der Waals surface area contributed by atoms with Crippen molar-refractivity contribution in [2.75, 3.05) is 0 Å². The topological polar surface area (TPSA) is 9.23 Å². The van der Waals surface area contributed by atoms with Gasteiger partial charge in [0.2, 0.25) is 0 Å². The average molecular weight is 277 g/mol. The summed E-state index contributed by atoms with van der Waals surface area (Å²) in [6.07, 6.45) is 0. The highest BCUT2D eigenvalue weighted by Crippen LogP contribution is 2.21. The molecule has 0 N–H and O–H groups in total. The van der Waals surface area contributed by atoms with Crippen LogP contribution < -0.4 is 4.74 Å². The summed E-state index contributed by atoms with van der Waals surface area (Å²) in [5.41, 5.74) is 2.32. The molecule has 1 nitrogen and oxygen atoms in total. The Labute approximate surface area is 104 Å². The molecule has 0 aromatic heterocycles. The molecule has 0 aliphatic rings. The number of benzene rings is 2. The van der Waals surface area contributed by atoms with E-state index in [1.54, 1.807) is 0 Å². The zero-order chi connectivity index (χ0) is 11.4. The minimum absolute atomic E-state index is 0.590. The van der Waals surface area contributed by atoms with Gasteiger partial charge in [0, 0.05) is 10.0 Å². The van der Waals surface area contributed by atoms with Gasteiger partial charge in [-0.15, -0.1) is 0 Å². The first-order valence-electron chi connectivity index (χ1n) is 5.19. The van der Waals surface area contributed by atoms with Crippen LogP contribution in [0.2, 0.25) is 0 Å². The molecule has 16 heavy (non-hydrogen) atoms. The van der Waals surface area contributed by atoms with Crippen LogP contribution in [0.1, 0.15) is 11.1 Å². The molecule has 0 heterocycles. The summed E-state index contributed by atoms with van der Waals surface area (Å²) in [5, 5.41) is 0. The van der Waals surface area contributed by atoms with Crippen LogP contribution in [0, 0.1) is 6.92 Å². The van der Waals surface area contributed by atoms with E-state index in [0.29, 0.717) is 6.61 Å². The van der Waals surface area contributed by atoms with Gasteiger partial charge in [-0.2, -0.15) is 0 Å². The number of halogens is 1. The third-order valence-electron chi connectivity index (χ3n) is 2.43. The molecule has 0 bridgehead atoms. The Morgan fingerprint density at radius 1 is 1.00 bits per heavy atom. The Hall–Kier alpha value is -1.28. The molecule has 82 valence electrons. The predicted molar refractivity (Wildman–Crippen MR) is 69.7 cm³/mol. The highest BCUT2D eigenvalue weighted by molar-refractivity contribution is 9.10. The van der Waals surface area contributed by atoms with Gasteiger partial charge in [-0.25, -0.2) is 0 Å². The summed E-state index contributed by atoms with van der Waals surface area (Å²) < 4.78 is 6.86. The molecule has 0 fully saturated rings. The van der Waals surface area contributed by atoms with Crippen molar-refractivity contribution in [1.82, 2.24) is 0 Å². The number of ether oxygens (including phenoxy) is 1. The minimum Gasteiger partial charge on any atom is -0.489 e. The Kier molecular flexibility index (Phi) is 3.62. The average Bonchev–Trinajstić information content (AvgIpc) is 2.30. The molecule has 0 radical (unpaired) electrons. The first-order chi connectivity index (χ1) is 7.77. The second-order valence-corrected chi connectivity index (χ2v) is 4.50. The Morgan fingerprint density at radius 3 is 2.44 bits per heavy atom. The van der Waals surface area contributed by atoms with Gasteiger partial charge in [-0.1, -0.05) is 52.3 Å². The van der Waals surface area contributed by atoms with Gasteiger partial charge < -0.3 is 4.74 Å². The SMILES string of the molecule is Cc1ccccc1OCc1ccccc1Br. The van der Waals surface area contributed by atoms with Crippen LogP contribution in [-0.2, 0) is 6.61 Å². The third kappa shape index (κ3) is 2.64. The maximum Gasteiger partial charge on any atom is 0.122 e. The number of hydrogen-bond donors (Lipinski definition) is 0. The van der Waals surface area contributed by atoms with Gasteiger partial charge in [0.25, 0.3) is 0 Å². The number of para-hydroxylation sites is 1. The van der Waals surface area contributed by atoms with Gasteiger partial charge in [-0.3, -0.25) is 0 Å². The summed E-state index contributed by atoms with van der Waals surface area (Å²) in [5.74, 6) is 0.943. The van der Waals surface area contributed by atoms with Crippen LogP contribution in [0.15, 0.2) is 53.0 Å². The number of hydrogen-bond acceptors (Lipinski definition) is 1. The van der Waals surface area contributed by atoms with Crippen molar-refractivity contribution in [2.24, 2.45) is 0 Å². The Balaban J connectivity index is 2.09. The third-order valence-corrected chi connectivity index (χ3v) is 3.21. The molecule has 0 unspecified atom stereocenters. The van der Waals surface area contributed by atoms with Crippen molar-refractivity contribution in [3.05, 3.63) is 64.1 Å². The van der Waals surface area contributed by atoms with Crippen molar-refractivity contribution in [3.8, 4) is 5.75 Å². The zero-order valence-corrected chi connectivity index (χ0v) is 10.7. The molecule has 2 heteroatoms. The Morgan fingerprint density at radius 2 is 1.69 bits per heavy atom. The fraction of sp³-hybridized carbons (Fsp3) is 0.143. The van der Waals surface area contributed by atoms with E-state index in [1.807, 2.05) is 36.4 Å². The molecule has 0 aliphatic heterocycles. The lowest BCUT2D eigenvalue weighted by molar-refractivity contribution is 0.303. The lowest BCUT2D eigenvalue weighted by Gasteiger charge is -2.09. The smallest absolute Gasteiger partial charge is 0.122 e. The van der Waals surface area contributed by atoms with Crippen molar-refractivity contribution in [1.29, 1.82) is 0 Å². The van der Waals surface area contributed by atoms with Crippen LogP contribution in [0.25, 0.3) is 0 Å². The molecular formula is C14H13BrO. The molecular weight excluding hydrogens is 264 g/mol. The zero-order valence-electron chi connectivity index (χ0n) is 9.11. The van der Waals surface area contributed by atoms with Crippen LogP contribution in [0.4, 0.5) is 0 Å². The summed E-state index contributed by atoms with van der Waals surface area (Å²) in [4.78, 5) is 0. The lowest BCUT2D eigenvalue weighted by atomic mass is 10.2. The molecule has 0 spiro atoms. The first kappa shape index (κ1) is 11.2. The van der Waals surface area contributed by atoms with E-state index in [9.17, 15) is 0 Å². The normalized spacial score (nSPS) is 10.1. The fourth-order valence-electron chi connectivity index (χ4n) is 1.49. The largest absolute Gasteiger partial charge is 0.489 e. The van der Waals surface area contributed by atoms with Crippen LogP contribution in [-0.4, -0.2) is 0 Å². The molecule has 2 aromatic rings. The summed E-state index contributed by atoms with van der Waals surface area (Å²) in [6, 6.07) is 16.1. The van der Waals surface area contributed by atoms with Gasteiger partial charge in [0.05, 0.1) is 0 Å². The van der Waals surface area contributed by atoms with Crippen LogP contribution >= 0.6 is 15.9 Å². The standard InChI is InChI=1S/C14H13BrO/c1-11-6-2-5-9-14(11)16-10-12-7-3-4-8-13(12)15/h2-9H,10H2,1H3. The monoisotopic (exact) mass is 276 g/mol. The first-order valence-corrected chi connectivity index (χ1v) is 5.98.